The highest BCUT2D eigenvalue weighted by atomic mass is 32.2. The summed E-state index contributed by atoms with van der Waals surface area (Å²) in [5.41, 5.74) is -0.266. The molecule has 0 radical (unpaired) electrons. The van der Waals surface area contributed by atoms with Gasteiger partial charge in [0.1, 0.15) is 23.0 Å². The highest BCUT2D eigenvalue weighted by molar-refractivity contribution is 7.89. The first-order chi connectivity index (χ1) is 20.0. The largest absolute Gasteiger partial charge is 0.495 e. The molecule has 0 aliphatic heterocycles. The molecule has 1 unspecified atom stereocenters. The highest BCUT2D eigenvalue weighted by Crippen LogP contribution is 2.64. The van der Waals surface area contributed by atoms with Crippen molar-refractivity contribution in [2.45, 2.75) is 64.3 Å². The minimum Gasteiger partial charge on any atom is -0.495 e. The highest BCUT2D eigenvalue weighted by Gasteiger charge is 2.65. The predicted molar refractivity (Wildman–Crippen MR) is 164 cm³/mol. The maximum absolute atomic E-state index is 11.9. The second-order valence-corrected chi connectivity index (χ2v) is 14.7. The van der Waals surface area contributed by atoms with Crippen molar-refractivity contribution in [2.24, 2.45) is 21.9 Å². The van der Waals surface area contributed by atoms with Gasteiger partial charge < -0.3 is 19.5 Å². The second-order valence-electron chi connectivity index (χ2n) is 11.7. The van der Waals surface area contributed by atoms with Gasteiger partial charge in [-0.05, 0) is 74.3 Å². The molecule has 2 saturated carbocycles. The lowest BCUT2D eigenvalue weighted by atomic mass is 9.70. The SMILES string of the molecule is CC1(C)C2CC[C@]1(CS(=O)(=O)O)C(=O)C2.CCOc1ccccc1OCCN[C@H](C)Cc1ccc(OC)c(S(N)(=O)=O)c1. The summed E-state index contributed by atoms with van der Waals surface area (Å²) < 4.78 is 70.8. The zero-order chi connectivity index (χ0) is 32.1. The molecule has 0 amide bonds. The minimum absolute atomic E-state index is 0.00411. The average Bonchev–Trinajstić information content (AvgIpc) is 3.25. The molecular weight excluding hydrogens is 596 g/mol. The van der Waals surface area contributed by atoms with Gasteiger partial charge >= 0.3 is 0 Å². The van der Waals surface area contributed by atoms with Crippen LogP contribution < -0.4 is 24.7 Å². The Hall–Kier alpha value is -2.71. The van der Waals surface area contributed by atoms with Gasteiger partial charge in [-0.3, -0.25) is 9.35 Å². The Labute approximate surface area is 255 Å². The number of carbonyl (C=O) groups is 1. The van der Waals surface area contributed by atoms with Crippen LogP contribution in [0.5, 0.6) is 17.2 Å². The summed E-state index contributed by atoms with van der Waals surface area (Å²) in [4.78, 5) is 11.9. The topological polar surface area (TPSA) is 171 Å². The van der Waals surface area contributed by atoms with Crippen molar-refractivity contribution in [3.05, 3.63) is 48.0 Å². The zero-order valence-electron chi connectivity index (χ0n) is 25.5. The zero-order valence-corrected chi connectivity index (χ0v) is 27.1. The Bertz CT molecular complexity index is 1490. The summed E-state index contributed by atoms with van der Waals surface area (Å²) in [6.07, 6.45) is 2.61. The number of nitrogens with two attached hydrogens (primary N) is 1. The lowest BCUT2D eigenvalue weighted by Crippen LogP contribution is -2.42. The number of primary sulfonamides is 1. The fourth-order valence-corrected chi connectivity index (χ4v) is 8.27. The van der Waals surface area contributed by atoms with Crippen LogP contribution in [-0.4, -0.2) is 65.8 Å². The van der Waals surface area contributed by atoms with Crippen LogP contribution >= 0.6 is 0 Å². The van der Waals surface area contributed by atoms with Crippen LogP contribution in [0.4, 0.5) is 0 Å². The number of methoxy groups -OCH3 is 1. The standard InChI is InChI=1S/C20H28N2O5S.C10H16O4S/c1-4-26-17-7-5-6-8-18(17)27-12-11-22-15(2)13-16-9-10-19(25-3)20(14-16)28(21,23)24;1-9(2)7-3-4-10(9,8(11)5-7)6-15(12,13)14/h5-10,14-15,22H,4,11-13H2,1-3H3,(H2,21,23,24);7H,3-6H2,1-2H3,(H,12,13,14)/t15-;7?,10-/m10/s1. The number of hydrogen-bond acceptors (Lipinski definition) is 9. The molecule has 0 saturated heterocycles. The van der Waals surface area contributed by atoms with Crippen LogP contribution in [0.1, 0.15) is 52.5 Å². The third-order valence-corrected chi connectivity index (χ3v) is 10.4. The van der Waals surface area contributed by atoms with E-state index >= 15 is 0 Å². The van der Waals surface area contributed by atoms with E-state index in [1.165, 1.54) is 7.11 Å². The summed E-state index contributed by atoms with van der Waals surface area (Å²) in [6, 6.07) is 12.7. The van der Waals surface area contributed by atoms with Crippen LogP contribution in [0.15, 0.2) is 47.4 Å². The third kappa shape index (κ3) is 8.48. The number of rotatable bonds is 13. The number of para-hydroxylation sites is 2. The van der Waals surface area contributed by atoms with Gasteiger partial charge in [0.15, 0.2) is 11.5 Å². The van der Waals surface area contributed by atoms with Gasteiger partial charge in [-0.2, -0.15) is 8.42 Å². The van der Waals surface area contributed by atoms with Crippen LogP contribution in [0.25, 0.3) is 0 Å². The Morgan fingerprint density at radius 2 is 1.72 bits per heavy atom. The van der Waals surface area contributed by atoms with E-state index in [-0.39, 0.29) is 33.8 Å². The first-order valence-electron chi connectivity index (χ1n) is 14.3. The Morgan fingerprint density at radius 3 is 2.23 bits per heavy atom. The molecule has 0 spiro atoms. The van der Waals surface area contributed by atoms with Crippen molar-refractivity contribution in [2.75, 3.05) is 32.6 Å². The number of Topliss-reactive ketones (excluding diaryl/α,β-unsaturated/α-hetero) is 1. The molecule has 2 aromatic carbocycles. The van der Waals surface area contributed by atoms with Gasteiger partial charge in [-0.1, -0.05) is 32.0 Å². The molecule has 2 bridgehead atoms. The fraction of sp³-hybridized carbons (Fsp3) is 0.567. The lowest BCUT2D eigenvalue weighted by molar-refractivity contribution is -0.128. The van der Waals surface area contributed by atoms with Gasteiger partial charge in [-0.25, -0.2) is 13.6 Å². The number of ketones is 1. The number of benzene rings is 2. The Morgan fingerprint density at radius 1 is 1.07 bits per heavy atom. The number of sulfonamides is 1. The van der Waals surface area contributed by atoms with Crippen molar-refractivity contribution in [3.8, 4) is 17.2 Å². The molecule has 2 aromatic rings. The van der Waals surface area contributed by atoms with E-state index in [1.54, 1.807) is 12.1 Å². The number of carbonyl (C=O) groups excluding carboxylic acids is 1. The van der Waals surface area contributed by atoms with Crippen molar-refractivity contribution >= 4 is 25.9 Å². The van der Waals surface area contributed by atoms with Gasteiger partial charge in [0.25, 0.3) is 10.1 Å². The van der Waals surface area contributed by atoms with Crippen molar-refractivity contribution in [3.63, 3.8) is 0 Å². The quantitative estimate of drug-likeness (QED) is 0.217. The monoisotopic (exact) mass is 640 g/mol. The summed E-state index contributed by atoms with van der Waals surface area (Å²) in [5, 5.41) is 8.63. The van der Waals surface area contributed by atoms with Gasteiger partial charge in [0, 0.05) is 19.0 Å². The molecule has 13 heteroatoms. The van der Waals surface area contributed by atoms with Gasteiger partial charge in [0.05, 0.1) is 24.9 Å². The molecular formula is C30H44N2O9S2. The first kappa shape index (κ1) is 34.8. The number of ether oxygens (including phenoxy) is 3. The Kier molecular flexibility index (Phi) is 11.3. The van der Waals surface area contributed by atoms with Crippen LogP contribution in [0, 0.1) is 16.7 Å². The number of fused-ring (bicyclic) bond motifs is 2. The molecule has 240 valence electrons. The predicted octanol–water partition coefficient (Wildman–Crippen LogP) is 3.61. The normalized spacial score (nSPS) is 21.6. The van der Waals surface area contributed by atoms with Crippen LogP contribution in [0.2, 0.25) is 0 Å². The van der Waals surface area contributed by atoms with Crippen LogP contribution in [0.3, 0.4) is 0 Å². The van der Waals surface area contributed by atoms with E-state index in [0.29, 0.717) is 44.8 Å². The summed E-state index contributed by atoms with van der Waals surface area (Å²) in [7, 11) is -6.50. The molecule has 0 aromatic heterocycles. The fourth-order valence-electron chi connectivity index (χ4n) is 6.23. The molecule has 4 N–H and O–H groups in total. The number of nitrogens with one attached hydrogen (secondary N) is 1. The molecule has 11 nitrogen and oxygen atoms in total. The second kappa shape index (κ2) is 13.9. The molecule has 2 aliphatic carbocycles. The lowest BCUT2D eigenvalue weighted by Gasteiger charge is -2.35. The molecule has 43 heavy (non-hydrogen) atoms. The van der Waals surface area contributed by atoms with E-state index in [4.69, 9.17) is 23.9 Å². The molecule has 4 rings (SSSR count). The molecule has 3 atom stereocenters. The van der Waals surface area contributed by atoms with E-state index in [9.17, 15) is 21.6 Å². The van der Waals surface area contributed by atoms with Crippen molar-refractivity contribution in [1.29, 1.82) is 0 Å². The van der Waals surface area contributed by atoms with Crippen LogP contribution in [-0.2, 0) is 31.4 Å². The maximum atomic E-state index is 11.9. The number of hydrogen-bond donors (Lipinski definition) is 3. The minimum atomic E-state index is -4.08. The molecule has 0 heterocycles. The average molecular weight is 641 g/mol. The summed E-state index contributed by atoms with van der Waals surface area (Å²) in [5.74, 6) is 1.59. The van der Waals surface area contributed by atoms with E-state index in [0.717, 1.165) is 17.7 Å². The van der Waals surface area contributed by atoms with E-state index < -0.39 is 31.3 Å². The first-order valence-corrected chi connectivity index (χ1v) is 17.5. The molecule has 2 aliphatic rings. The molecule has 2 fully saturated rings. The smallest absolute Gasteiger partial charge is 0.265 e. The van der Waals surface area contributed by atoms with E-state index in [2.05, 4.69) is 5.32 Å². The van der Waals surface area contributed by atoms with Gasteiger partial charge in [0.2, 0.25) is 10.0 Å². The Balaban J connectivity index is 0.000000282. The summed E-state index contributed by atoms with van der Waals surface area (Å²) >= 11 is 0. The van der Waals surface area contributed by atoms with E-state index in [1.807, 2.05) is 58.0 Å². The van der Waals surface area contributed by atoms with Gasteiger partial charge in [-0.15, -0.1) is 0 Å². The van der Waals surface area contributed by atoms with Crippen molar-refractivity contribution < 1.29 is 40.4 Å². The summed E-state index contributed by atoms with van der Waals surface area (Å²) in [6.45, 7) is 9.55. The third-order valence-electron chi connectivity index (χ3n) is 8.65. The maximum Gasteiger partial charge on any atom is 0.265 e. The van der Waals surface area contributed by atoms with Crippen molar-refractivity contribution in [1.82, 2.24) is 5.32 Å².